The van der Waals surface area contributed by atoms with Gasteiger partial charge in [0.2, 0.25) is 0 Å². The smallest absolute Gasteiger partial charge is 0.317 e. The summed E-state index contributed by atoms with van der Waals surface area (Å²) in [6, 6.07) is 0.0540. The fourth-order valence-corrected chi connectivity index (χ4v) is 2.48. The fourth-order valence-electron chi connectivity index (χ4n) is 1.38. The summed E-state index contributed by atoms with van der Waals surface area (Å²) >= 11 is 1.95. The fraction of sp³-hybridized carbons (Fsp3) is 0.889. The maximum absolute atomic E-state index is 11.3. The minimum Gasteiger partial charge on any atom is -0.341 e. The normalized spacial score (nSPS) is 22.2. The number of carbonyl (C=O) groups is 1. The first kappa shape index (κ1) is 10.7. The first-order chi connectivity index (χ1) is 6.05. The molecule has 13 heavy (non-hydrogen) atoms. The van der Waals surface area contributed by atoms with E-state index in [0.717, 1.165) is 25.3 Å². The monoisotopic (exact) mass is 202 g/mol. The number of hydrogen-bond donors (Lipinski definition) is 1. The van der Waals surface area contributed by atoms with Crippen molar-refractivity contribution in [1.82, 2.24) is 10.2 Å². The predicted molar refractivity (Wildman–Crippen MR) is 57.2 cm³/mol. The van der Waals surface area contributed by atoms with E-state index in [-0.39, 0.29) is 6.03 Å². The second-order valence-electron chi connectivity index (χ2n) is 3.90. The van der Waals surface area contributed by atoms with Crippen molar-refractivity contribution in [3.63, 3.8) is 0 Å². The summed E-state index contributed by atoms with van der Waals surface area (Å²) in [6.07, 6.45) is 1.07. The van der Waals surface area contributed by atoms with Crippen molar-refractivity contribution in [2.75, 3.05) is 25.9 Å². The van der Waals surface area contributed by atoms with E-state index in [9.17, 15) is 4.79 Å². The van der Waals surface area contributed by atoms with Gasteiger partial charge in [0, 0.05) is 30.6 Å². The molecule has 76 valence electrons. The molecule has 0 atom stereocenters. The molecule has 0 aromatic rings. The molecule has 1 N–H and O–H groups in total. The van der Waals surface area contributed by atoms with Gasteiger partial charge >= 0.3 is 6.03 Å². The van der Waals surface area contributed by atoms with Crippen LogP contribution in [0.2, 0.25) is 0 Å². The molecule has 1 heterocycles. The number of nitrogens with one attached hydrogen (secondary N) is 1. The second-order valence-corrected chi connectivity index (χ2v) is 5.70. The Morgan fingerprint density at radius 1 is 1.46 bits per heavy atom. The summed E-state index contributed by atoms with van der Waals surface area (Å²) < 4.78 is 0.322. The van der Waals surface area contributed by atoms with E-state index in [1.165, 1.54) is 0 Å². The molecule has 0 unspecified atom stereocenters. The van der Waals surface area contributed by atoms with Crippen LogP contribution in [0.3, 0.4) is 0 Å². The van der Waals surface area contributed by atoms with Gasteiger partial charge in [-0.1, -0.05) is 13.8 Å². The molecular formula is C9H18N2OS. The van der Waals surface area contributed by atoms with Crippen LogP contribution in [-0.2, 0) is 0 Å². The maximum atomic E-state index is 11.3. The van der Waals surface area contributed by atoms with Crippen LogP contribution in [0.4, 0.5) is 4.79 Å². The molecule has 0 bridgehead atoms. The number of rotatable bonds is 0. The van der Waals surface area contributed by atoms with Crippen LogP contribution in [0, 0.1) is 0 Å². The summed E-state index contributed by atoms with van der Waals surface area (Å²) in [5, 5.41) is 2.67. The van der Waals surface area contributed by atoms with E-state index < -0.39 is 0 Å². The Labute approximate surface area is 84.2 Å². The molecule has 1 rings (SSSR count). The quantitative estimate of drug-likeness (QED) is 0.646. The summed E-state index contributed by atoms with van der Waals surface area (Å²) in [5.74, 6) is 1.04. The number of nitrogens with zero attached hydrogens (tertiary/aromatic N) is 1. The largest absolute Gasteiger partial charge is 0.341 e. The molecule has 0 saturated carbocycles. The minimum absolute atomic E-state index is 0.0540. The Bertz CT molecular complexity index is 194. The van der Waals surface area contributed by atoms with Gasteiger partial charge in [0.15, 0.2) is 0 Å². The SMILES string of the molecule is CNC(=O)N1CCSC(C)(C)CC1. The van der Waals surface area contributed by atoms with Gasteiger partial charge in [-0.3, -0.25) is 0 Å². The molecule has 2 amide bonds. The van der Waals surface area contributed by atoms with Crippen molar-refractivity contribution in [2.24, 2.45) is 0 Å². The average Bonchev–Trinajstić information content (AvgIpc) is 2.25. The molecule has 0 aromatic heterocycles. The van der Waals surface area contributed by atoms with Crippen molar-refractivity contribution in [3.05, 3.63) is 0 Å². The average molecular weight is 202 g/mol. The van der Waals surface area contributed by atoms with Gasteiger partial charge in [0.1, 0.15) is 0 Å². The van der Waals surface area contributed by atoms with E-state index in [0.29, 0.717) is 4.75 Å². The first-order valence-electron chi connectivity index (χ1n) is 4.66. The molecule has 1 aliphatic rings. The lowest BCUT2D eigenvalue weighted by molar-refractivity contribution is 0.202. The van der Waals surface area contributed by atoms with Gasteiger partial charge in [0.25, 0.3) is 0 Å². The van der Waals surface area contributed by atoms with Crippen molar-refractivity contribution in [3.8, 4) is 0 Å². The zero-order chi connectivity index (χ0) is 9.90. The van der Waals surface area contributed by atoms with Gasteiger partial charge in [-0.15, -0.1) is 0 Å². The Balaban J connectivity index is 2.49. The third-order valence-electron chi connectivity index (χ3n) is 2.34. The van der Waals surface area contributed by atoms with Gasteiger partial charge < -0.3 is 10.2 Å². The molecule has 1 aliphatic heterocycles. The van der Waals surface area contributed by atoms with E-state index in [1.807, 2.05) is 16.7 Å². The lowest BCUT2D eigenvalue weighted by atomic mass is 10.1. The van der Waals surface area contributed by atoms with Gasteiger partial charge in [-0.25, -0.2) is 4.79 Å². The van der Waals surface area contributed by atoms with Crippen molar-refractivity contribution >= 4 is 17.8 Å². The highest BCUT2D eigenvalue weighted by atomic mass is 32.2. The predicted octanol–water partition coefficient (Wildman–Crippen LogP) is 1.54. The summed E-state index contributed by atoms with van der Waals surface area (Å²) in [5.41, 5.74) is 0. The molecule has 3 nitrogen and oxygen atoms in total. The molecule has 4 heteroatoms. The van der Waals surface area contributed by atoms with Crippen molar-refractivity contribution in [1.29, 1.82) is 0 Å². The van der Waals surface area contributed by atoms with Crippen LogP contribution in [0.15, 0.2) is 0 Å². The Morgan fingerprint density at radius 2 is 2.15 bits per heavy atom. The Morgan fingerprint density at radius 3 is 2.77 bits per heavy atom. The first-order valence-corrected chi connectivity index (χ1v) is 5.64. The van der Waals surface area contributed by atoms with E-state index in [1.54, 1.807) is 7.05 Å². The number of thioether (sulfide) groups is 1. The zero-order valence-corrected chi connectivity index (χ0v) is 9.41. The van der Waals surface area contributed by atoms with E-state index >= 15 is 0 Å². The minimum atomic E-state index is 0.0540. The number of hydrogen-bond acceptors (Lipinski definition) is 2. The van der Waals surface area contributed by atoms with Crippen LogP contribution in [0.1, 0.15) is 20.3 Å². The van der Waals surface area contributed by atoms with Gasteiger partial charge in [-0.05, 0) is 6.42 Å². The van der Waals surface area contributed by atoms with Gasteiger partial charge in [-0.2, -0.15) is 11.8 Å². The summed E-state index contributed by atoms with van der Waals surface area (Å²) in [4.78, 5) is 13.2. The zero-order valence-electron chi connectivity index (χ0n) is 8.59. The number of carbonyl (C=O) groups excluding carboxylic acids is 1. The van der Waals surface area contributed by atoms with Crippen LogP contribution in [0.5, 0.6) is 0 Å². The Hall–Kier alpha value is -0.380. The molecular weight excluding hydrogens is 184 g/mol. The number of amides is 2. The van der Waals surface area contributed by atoms with E-state index in [4.69, 9.17) is 0 Å². The van der Waals surface area contributed by atoms with Crippen LogP contribution < -0.4 is 5.32 Å². The summed E-state index contributed by atoms with van der Waals surface area (Å²) in [6.45, 7) is 6.23. The maximum Gasteiger partial charge on any atom is 0.317 e. The Kier molecular flexibility index (Phi) is 3.47. The molecule has 1 fully saturated rings. The molecule has 0 spiro atoms. The van der Waals surface area contributed by atoms with Crippen LogP contribution in [-0.4, -0.2) is 41.6 Å². The molecule has 0 aliphatic carbocycles. The highest BCUT2D eigenvalue weighted by Crippen LogP contribution is 2.30. The molecule has 0 radical (unpaired) electrons. The third kappa shape index (κ3) is 3.10. The number of urea groups is 1. The highest BCUT2D eigenvalue weighted by molar-refractivity contribution is 8.00. The van der Waals surface area contributed by atoms with Crippen molar-refractivity contribution in [2.45, 2.75) is 25.0 Å². The van der Waals surface area contributed by atoms with Crippen LogP contribution >= 0.6 is 11.8 Å². The van der Waals surface area contributed by atoms with Crippen molar-refractivity contribution < 1.29 is 4.79 Å². The summed E-state index contributed by atoms with van der Waals surface area (Å²) in [7, 11) is 1.69. The standard InChI is InChI=1S/C9H18N2OS/c1-9(2)4-5-11(6-7-13-9)8(12)10-3/h4-7H2,1-3H3,(H,10,12). The topological polar surface area (TPSA) is 32.3 Å². The highest BCUT2D eigenvalue weighted by Gasteiger charge is 2.25. The lowest BCUT2D eigenvalue weighted by Crippen LogP contribution is -2.39. The molecule has 0 aromatic carbocycles. The van der Waals surface area contributed by atoms with E-state index in [2.05, 4.69) is 19.2 Å². The second kappa shape index (κ2) is 4.22. The molecule has 1 saturated heterocycles. The lowest BCUT2D eigenvalue weighted by Gasteiger charge is -2.22. The van der Waals surface area contributed by atoms with Crippen LogP contribution in [0.25, 0.3) is 0 Å². The van der Waals surface area contributed by atoms with Gasteiger partial charge in [0.05, 0.1) is 0 Å². The third-order valence-corrected chi connectivity index (χ3v) is 3.71.